The summed E-state index contributed by atoms with van der Waals surface area (Å²) in [6.07, 6.45) is 9.13. The van der Waals surface area contributed by atoms with Crippen molar-refractivity contribution >= 4 is 11.6 Å². The van der Waals surface area contributed by atoms with Gasteiger partial charge < -0.3 is 5.73 Å². The van der Waals surface area contributed by atoms with Gasteiger partial charge >= 0.3 is 0 Å². The standard InChI is InChI=1S/C19H20N4O/c20-18-6-2-5-17(24)19(23-18,14-7-8-14)15-4-1-3-13(11-15)16-12-21-9-10-22-16/h1,3-4,9-12,14H,2,5-8H2,(H2,20,23). The van der Waals surface area contributed by atoms with E-state index in [2.05, 4.69) is 9.97 Å². The number of rotatable bonds is 3. The topological polar surface area (TPSA) is 81.2 Å². The summed E-state index contributed by atoms with van der Waals surface area (Å²) >= 11 is 0. The van der Waals surface area contributed by atoms with Gasteiger partial charge in [-0.05, 0) is 36.8 Å². The molecule has 2 heterocycles. The third-order valence-corrected chi connectivity index (χ3v) is 4.91. The Hall–Kier alpha value is -2.56. The monoisotopic (exact) mass is 320 g/mol. The molecule has 24 heavy (non-hydrogen) atoms. The molecule has 1 aliphatic heterocycles. The number of ketones is 1. The number of carbonyl (C=O) groups excluding carboxylic acids is 1. The Morgan fingerprint density at radius 1 is 1.17 bits per heavy atom. The molecule has 1 atom stereocenters. The highest BCUT2D eigenvalue weighted by Crippen LogP contribution is 2.51. The predicted octanol–water partition coefficient (Wildman–Crippen LogP) is 2.86. The van der Waals surface area contributed by atoms with Gasteiger partial charge in [0.2, 0.25) is 0 Å². The summed E-state index contributed by atoms with van der Waals surface area (Å²) in [5.41, 5.74) is 7.97. The van der Waals surface area contributed by atoms with Crippen LogP contribution in [-0.2, 0) is 10.3 Å². The van der Waals surface area contributed by atoms with Crippen molar-refractivity contribution in [3.63, 3.8) is 0 Å². The molecule has 0 bridgehead atoms. The molecule has 0 spiro atoms. The summed E-state index contributed by atoms with van der Waals surface area (Å²) in [5.74, 6) is 1.05. The Kier molecular flexibility index (Phi) is 3.63. The molecule has 1 aromatic heterocycles. The van der Waals surface area contributed by atoms with Gasteiger partial charge in [-0.15, -0.1) is 0 Å². The van der Waals surface area contributed by atoms with E-state index in [4.69, 9.17) is 10.7 Å². The van der Waals surface area contributed by atoms with Crippen molar-refractivity contribution in [2.45, 2.75) is 37.6 Å². The van der Waals surface area contributed by atoms with Crippen LogP contribution in [-0.4, -0.2) is 21.6 Å². The number of nitrogens with two attached hydrogens (primary N) is 1. The summed E-state index contributed by atoms with van der Waals surface area (Å²) in [6, 6.07) is 7.98. The van der Waals surface area contributed by atoms with E-state index in [1.807, 2.05) is 24.3 Å². The Labute approximate surface area is 141 Å². The first kappa shape index (κ1) is 15.0. The lowest BCUT2D eigenvalue weighted by atomic mass is 9.79. The molecule has 4 rings (SSSR count). The van der Waals surface area contributed by atoms with E-state index in [1.54, 1.807) is 18.6 Å². The summed E-state index contributed by atoms with van der Waals surface area (Å²) in [5, 5.41) is 0. The number of hydrogen-bond donors (Lipinski definition) is 1. The van der Waals surface area contributed by atoms with Crippen molar-refractivity contribution in [2.75, 3.05) is 0 Å². The zero-order chi connectivity index (χ0) is 16.6. The SMILES string of the molecule is NC1=NC(c2cccc(-c3cnccn3)c2)(C2CC2)C(=O)CCC1. The molecule has 122 valence electrons. The fourth-order valence-corrected chi connectivity index (χ4v) is 3.61. The van der Waals surface area contributed by atoms with Gasteiger partial charge in [0.15, 0.2) is 5.78 Å². The average Bonchev–Trinajstić information content (AvgIpc) is 3.46. The van der Waals surface area contributed by atoms with Crippen molar-refractivity contribution < 1.29 is 4.79 Å². The maximum Gasteiger partial charge on any atom is 0.165 e. The third kappa shape index (κ3) is 2.50. The molecular formula is C19H20N4O. The molecule has 5 nitrogen and oxygen atoms in total. The van der Waals surface area contributed by atoms with Crippen LogP contribution in [0.2, 0.25) is 0 Å². The second-order valence-corrected chi connectivity index (χ2v) is 6.59. The molecule has 0 amide bonds. The number of aliphatic imine (C=N–C) groups is 1. The van der Waals surface area contributed by atoms with E-state index in [0.717, 1.165) is 36.1 Å². The van der Waals surface area contributed by atoms with E-state index >= 15 is 0 Å². The van der Waals surface area contributed by atoms with Crippen LogP contribution in [0, 0.1) is 5.92 Å². The number of benzene rings is 1. The lowest BCUT2D eigenvalue weighted by Crippen LogP contribution is -2.37. The van der Waals surface area contributed by atoms with Crippen LogP contribution in [0.5, 0.6) is 0 Å². The molecule has 1 saturated carbocycles. The third-order valence-electron chi connectivity index (χ3n) is 4.91. The van der Waals surface area contributed by atoms with Gasteiger partial charge in [-0.3, -0.25) is 19.8 Å². The Morgan fingerprint density at radius 2 is 2.04 bits per heavy atom. The number of hydrogen-bond acceptors (Lipinski definition) is 5. The maximum absolute atomic E-state index is 13.0. The fraction of sp³-hybridized carbons (Fsp3) is 0.368. The smallest absolute Gasteiger partial charge is 0.165 e. The molecular weight excluding hydrogens is 300 g/mol. The number of carbonyl (C=O) groups is 1. The van der Waals surface area contributed by atoms with Gasteiger partial charge in [0.05, 0.1) is 17.7 Å². The second-order valence-electron chi connectivity index (χ2n) is 6.59. The molecule has 2 aliphatic rings. The van der Waals surface area contributed by atoms with E-state index in [-0.39, 0.29) is 11.7 Å². The lowest BCUT2D eigenvalue weighted by Gasteiger charge is -2.29. The summed E-state index contributed by atoms with van der Waals surface area (Å²) in [6.45, 7) is 0. The van der Waals surface area contributed by atoms with Crippen LogP contribution < -0.4 is 5.73 Å². The molecule has 2 aromatic rings. The van der Waals surface area contributed by atoms with Crippen LogP contribution in [0.25, 0.3) is 11.3 Å². The zero-order valence-corrected chi connectivity index (χ0v) is 13.5. The molecule has 0 radical (unpaired) electrons. The van der Waals surface area contributed by atoms with E-state index < -0.39 is 5.54 Å². The first-order valence-electron chi connectivity index (χ1n) is 8.44. The molecule has 5 heteroatoms. The van der Waals surface area contributed by atoms with Gasteiger partial charge in [-0.25, -0.2) is 0 Å². The maximum atomic E-state index is 13.0. The van der Waals surface area contributed by atoms with Gasteiger partial charge in [-0.1, -0.05) is 18.2 Å². The van der Waals surface area contributed by atoms with Crippen LogP contribution in [0.3, 0.4) is 0 Å². The molecule has 1 aliphatic carbocycles. The average molecular weight is 320 g/mol. The van der Waals surface area contributed by atoms with Crippen molar-refractivity contribution in [2.24, 2.45) is 16.6 Å². The van der Waals surface area contributed by atoms with Crippen molar-refractivity contribution in [1.82, 2.24) is 9.97 Å². The number of amidine groups is 1. The van der Waals surface area contributed by atoms with Crippen molar-refractivity contribution in [3.8, 4) is 11.3 Å². The number of aromatic nitrogens is 2. The largest absolute Gasteiger partial charge is 0.387 e. The quantitative estimate of drug-likeness (QED) is 0.943. The summed E-state index contributed by atoms with van der Waals surface area (Å²) < 4.78 is 0. The van der Waals surface area contributed by atoms with Crippen LogP contribution in [0.4, 0.5) is 0 Å². The Bertz CT molecular complexity index is 798. The van der Waals surface area contributed by atoms with Gasteiger partial charge in [0.25, 0.3) is 0 Å². The summed E-state index contributed by atoms with van der Waals surface area (Å²) in [4.78, 5) is 26.3. The molecule has 1 unspecified atom stereocenters. The minimum absolute atomic E-state index is 0.196. The Balaban J connectivity index is 1.86. The second kappa shape index (κ2) is 5.82. The minimum Gasteiger partial charge on any atom is -0.387 e. The van der Waals surface area contributed by atoms with Crippen molar-refractivity contribution in [3.05, 3.63) is 48.4 Å². The van der Waals surface area contributed by atoms with Crippen molar-refractivity contribution in [1.29, 1.82) is 0 Å². The summed E-state index contributed by atoms with van der Waals surface area (Å²) in [7, 11) is 0. The molecule has 2 N–H and O–H groups in total. The van der Waals surface area contributed by atoms with Crippen LogP contribution in [0.15, 0.2) is 47.8 Å². The lowest BCUT2D eigenvalue weighted by molar-refractivity contribution is -0.125. The number of nitrogens with zero attached hydrogens (tertiary/aromatic N) is 3. The highest BCUT2D eigenvalue weighted by atomic mass is 16.1. The van der Waals surface area contributed by atoms with Gasteiger partial charge in [0, 0.05) is 30.8 Å². The fourth-order valence-electron chi connectivity index (χ4n) is 3.61. The van der Waals surface area contributed by atoms with E-state index in [9.17, 15) is 4.79 Å². The van der Waals surface area contributed by atoms with Gasteiger partial charge in [0.1, 0.15) is 5.54 Å². The highest BCUT2D eigenvalue weighted by molar-refractivity contribution is 5.96. The van der Waals surface area contributed by atoms with Gasteiger partial charge in [-0.2, -0.15) is 0 Å². The Morgan fingerprint density at radius 3 is 2.79 bits per heavy atom. The first-order valence-corrected chi connectivity index (χ1v) is 8.44. The highest BCUT2D eigenvalue weighted by Gasteiger charge is 2.52. The minimum atomic E-state index is -0.807. The molecule has 0 saturated heterocycles. The van der Waals surface area contributed by atoms with E-state index in [1.165, 1.54) is 0 Å². The van der Waals surface area contributed by atoms with Crippen LogP contribution >= 0.6 is 0 Å². The number of Topliss-reactive ketones (excluding diaryl/α,β-unsaturated/α-hetero) is 1. The zero-order valence-electron chi connectivity index (χ0n) is 13.5. The van der Waals surface area contributed by atoms with E-state index in [0.29, 0.717) is 18.7 Å². The normalized spacial score (nSPS) is 24.3. The predicted molar refractivity (Wildman–Crippen MR) is 92.4 cm³/mol. The first-order chi connectivity index (χ1) is 11.7. The van der Waals surface area contributed by atoms with Crippen LogP contribution in [0.1, 0.15) is 37.7 Å². The molecule has 1 aromatic carbocycles. The molecule has 1 fully saturated rings.